The summed E-state index contributed by atoms with van der Waals surface area (Å²) >= 11 is 0. The van der Waals surface area contributed by atoms with Gasteiger partial charge in [-0.25, -0.2) is 14.4 Å². The van der Waals surface area contributed by atoms with Gasteiger partial charge in [-0.15, -0.1) is 0 Å². The molecule has 0 aromatic heterocycles. The number of esters is 1. The molecule has 56 heavy (non-hydrogen) atoms. The molecule has 1 aromatic rings. The highest BCUT2D eigenvalue weighted by atomic mass is 16.6. The minimum atomic E-state index is -1.28. The number of benzene rings is 1. The highest BCUT2D eigenvalue weighted by Crippen LogP contribution is 2.36. The van der Waals surface area contributed by atoms with Crippen LogP contribution in [0, 0.1) is 29.1 Å². The summed E-state index contributed by atoms with van der Waals surface area (Å²) in [6.07, 6.45) is 2.76. The largest absolute Gasteiger partial charge is 0.493 e. The summed E-state index contributed by atoms with van der Waals surface area (Å²) in [7, 11) is 3.24. The number of amides is 3. The van der Waals surface area contributed by atoms with Crippen molar-refractivity contribution in [2.75, 3.05) is 47.3 Å². The summed E-state index contributed by atoms with van der Waals surface area (Å²) in [6, 6.07) is 5.41. The van der Waals surface area contributed by atoms with Crippen LogP contribution in [0.3, 0.4) is 0 Å². The molecular weight excluding hydrogens is 726 g/mol. The summed E-state index contributed by atoms with van der Waals surface area (Å²) in [4.78, 5) is 63.7. The number of nitrogens with one attached hydrogen (secondary N) is 1. The van der Waals surface area contributed by atoms with Gasteiger partial charge in [-0.3, -0.25) is 14.5 Å². The zero-order chi connectivity index (χ0) is 42.2. The number of rotatable bonds is 24. The monoisotopic (exact) mass is 791 g/mol. The average Bonchev–Trinajstić information content (AvgIpc) is 3.51. The molecule has 0 saturated carbocycles. The number of hydrogen-bond donors (Lipinski definition) is 3. The number of nitrogens with two attached hydrogens (primary N) is 1. The van der Waals surface area contributed by atoms with E-state index < -0.39 is 53.0 Å². The van der Waals surface area contributed by atoms with Crippen LogP contribution in [-0.4, -0.2) is 105 Å². The van der Waals surface area contributed by atoms with Gasteiger partial charge in [0, 0.05) is 51.2 Å². The third kappa shape index (κ3) is 15.6. The molecule has 1 aromatic carbocycles. The molecule has 1 heterocycles. The second-order valence-electron chi connectivity index (χ2n) is 16.3. The SMILES string of the molecule is COCCCOc1cc(C[C@@H](C[C@H]2[C@H](C[C@H](C(=O)NCC(C)(C)C(N)=O)C(C)C)OCN2C(=O)OCCC(C)(C)OC(=O)/C=C/C(=O)O)C(C)C)ccc1OC. The first-order valence-electron chi connectivity index (χ1n) is 19.3. The standard InChI is InChI=1S/C41H65N3O12/c1-26(2)29(20-28-12-13-32(52-10)34(21-28)53-18-11-17-51-9)22-31-33(23-30(27(3)4)37(48)43-24-40(5,6)38(42)49)55-25-44(31)39(50)54-19-16-41(7,8)56-36(47)15-14-35(45)46/h12-15,21,26-27,29-31,33H,11,16-20,22-25H2,1-10H3,(H2,42,49)(H,43,48)(H,45,46)/b15-14+/t29-,30-,31-,33-/m0/s1. The molecule has 1 fully saturated rings. The molecule has 15 heteroatoms. The van der Waals surface area contributed by atoms with Crippen molar-refractivity contribution in [2.45, 2.75) is 105 Å². The summed E-state index contributed by atoms with van der Waals surface area (Å²) in [5, 5.41) is 11.7. The van der Waals surface area contributed by atoms with Crippen molar-refractivity contribution in [3.05, 3.63) is 35.9 Å². The fraction of sp³-hybridized carbons (Fsp3) is 0.683. The number of ether oxygens (including phenoxy) is 6. The molecule has 3 amide bonds. The Bertz CT molecular complexity index is 1490. The van der Waals surface area contributed by atoms with Crippen molar-refractivity contribution >= 4 is 29.8 Å². The second kappa shape index (κ2) is 22.4. The van der Waals surface area contributed by atoms with Gasteiger partial charge >= 0.3 is 18.0 Å². The van der Waals surface area contributed by atoms with E-state index in [0.29, 0.717) is 50.1 Å². The number of carbonyl (C=O) groups excluding carboxylic acids is 4. The zero-order valence-corrected chi connectivity index (χ0v) is 34.9. The van der Waals surface area contributed by atoms with Crippen LogP contribution >= 0.6 is 0 Å². The lowest BCUT2D eigenvalue weighted by Gasteiger charge is -2.33. The van der Waals surface area contributed by atoms with Crippen LogP contribution < -0.4 is 20.5 Å². The molecule has 1 aliphatic rings. The molecule has 0 radical (unpaired) electrons. The number of methoxy groups -OCH3 is 2. The maximum absolute atomic E-state index is 13.8. The van der Waals surface area contributed by atoms with E-state index in [9.17, 15) is 24.0 Å². The average molecular weight is 792 g/mol. The quantitative estimate of drug-likeness (QED) is 0.0710. The Kier molecular flexibility index (Phi) is 19.1. The predicted octanol–water partition coefficient (Wildman–Crippen LogP) is 5.12. The molecule has 0 aliphatic carbocycles. The molecular formula is C41H65N3O12. The maximum Gasteiger partial charge on any atom is 0.411 e. The molecule has 0 bridgehead atoms. The number of primary amides is 1. The smallest absolute Gasteiger partial charge is 0.411 e. The van der Waals surface area contributed by atoms with E-state index in [4.69, 9.17) is 39.3 Å². The van der Waals surface area contributed by atoms with Crippen LogP contribution in [0.25, 0.3) is 0 Å². The number of nitrogens with zero attached hydrogens (tertiary/aromatic N) is 1. The van der Waals surface area contributed by atoms with Gasteiger partial charge in [0.25, 0.3) is 0 Å². The van der Waals surface area contributed by atoms with Crippen LogP contribution in [0.15, 0.2) is 30.4 Å². The van der Waals surface area contributed by atoms with Gasteiger partial charge in [0.05, 0.1) is 37.9 Å². The fourth-order valence-electron chi connectivity index (χ4n) is 6.25. The van der Waals surface area contributed by atoms with E-state index in [0.717, 1.165) is 18.1 Å². The van der Waals surface area contributed by atoms with Gasteiger partial charge in [0.1, 0.15) is 12.3 Å². The van der Waals surface area contributed by atoms with E-state index >= 15 is 0 Å². The summed E-state index contributed by atoms with van der Waals surface area (Å²) in [6.45, 7) is 15.7. The van der Waals surface area contributed by atoms with E-state index in [1.54, 1.807) is 46.8 Å². The highest BCUT2D eigenvalue weighted by Gasteiger charge is 2.43. The molecule has 0 unspecified atom stereocenters. The molecule has 2 rings (SSSR count). The molecule has 0 spiro atoms. The number of hydrogen-bond acceptors (Lipinski definition) is 11. The minimum absolute atomic E-state index is 0.0551. The Labute approximate surface area is 331 Å². The van der Waals surface area contributed by atoms with Crippen LogP contribution in [0.5, 0.6) is 11.5 Å². The van der Waals surface area contributed by atoms with Gasteiger partial charge in [0.2, 0.25) is 11.8 Å². The predicted molar refractivity (Wildman–Crippen MR) is 209 cm³/mol. The number of aliphatic carboxylic acids is 1. The first-order valence-corrected chi connectivity index (χ1v) is 19.3. The summed E-state index contributed by atoms with van der Waals surface area (Å²) in [5.74, 6) is -1.94. The van der Waals surface area contributed by atoms with E-state index in [1.807, 2.05) is 32.0 Å². The lowest BCUT2D eigenvalue weighted by Crippen LogP contribution is -2.47. The van der Waals surface area contributed by atoms with Gasteiger partial charge in [-0.2, -0.15) is 0 Å². The van der Waals surface area contributed by atoms with Crippen molar-refractivity contribution in [1.29, 1.82) is 0 Å². The minimum Gasteiger partial charge on any atom is -0.493 e. The Morgan fingerprint density at radius 3 is 2.27 bits per heavy atom. The van der Waals surface area contributed by atoms with E-state index in [2.05, 4.69) is 19.2 Å². The highest BCUT2D eigenvalue weighted by molar-refractivity contribution is 5.90. The van der Waals surface area contributed by atoms with Gasteiger partial charge in [-0.05, 0) is 82.4 Å². The lowest BCUT2D eigenvalue weighted by atomic mass is 9.80. The fourth-order valence-corrected chi connectivity index (χ4v) is 6.25. The van der Waals surface area contributed by atoms with Gasteiger partial charge < -0.3 is 44.6 Å². The number of carbonyl (C=O) groups is 5. The molecule has 316 valence electrons. The normalized spacial score (nSPS) is 17.2. The van der Waals surface area contributed by atoms with E-state index in [-0.39, 0.29) is 50.0 Å². The zero-order valence-electron chi connectivity index (χ0n) is 34.9. The third-order valence-electron chi connectivity index (χ3n) is 10.1. The number of carboxylic acid groups (broad SMARTS) is 1. The Hall–Kier alpha value is -4.37. The summed E-state index contributed by atoms with van der Waals surface area (Å²) in [5.41, 5.74) is 4.58. The topological polar surface area (TPSA) is 202 Å². The van der Waals surface area contributed by atoms with Crippen molar-refractivity contribution < 1.29 is 57.5 Å². The maximum atomic E-state index is 13.8. The Balaban J connectivity index is 2.35. The van der Waals surface area contributed by atoms with Crippen molar-refractivity contribution in [1.82, 2.24) is 10.2 Å². The lowest BCUT2D eigenvalue weighted by molar-refractivity contribution is -0.151. The Morgan fingerprint density at radius 2 is 1.68 bits per heavy atom. The van der Waals surface area contributed by atoms with Crippen LogP contribution in [0.4, 0.5) is 4.79 Å². The van der Waals surface area contributed by atoms with Gasteiger partial charge in [-0.1, -0.05) is 33.8 Å². The van der Waals surface area contributed by atoms with Crippen molar-refractivity contribution in [2.24, 2.45) is 34.8 Å². The van der Waals surface area contributed by atoms with Crippen LogP contribution in [0.1, 0.15) is 86.6 Å². The third-order valence-corrected chi connectivity index (χ3v) is 10.1. The first kappa shape index (κ1) is 47.8. The van der Waals surface area contributed by atoms with Crippen molar-refractivity contribution in [3.8, 4) is 11.5 Å². The van der Waals surface area contributed by atoms with Crippen molar-refractivity contribution in [3.63, 3.8) is 0 Å². The van der Waals surface area contributed by atoms with Crippen LogP contribution in [0.2, 0.25) is 0 Å². The summed E-state index contributed by atoms with van der Waals surface area (Å²) < 4.78 is 34.1. The molecule has 1 saturated heterocycles. The molecule has 4 N–H and O–H groups in total. The van der Waals surface area contributed by atoms with Gasteiger partial charge in [0.15, 0.2) is 11.5 Å². The molecule has 1 aliphatic heterocycles. The molecule has 15 nitrogen and oxygen atoms in total. The molecule has 4 atom stereocenters. The van der Waals surface area contributed by atoms with Crippen LogP contribution in [-0.2, 0) is 44.5 Å². The second-order valence-corrected chi connectivity index (χ2v) is 16.3. The first-order chi connectivity index (χ1) is 26.2. The number of carboxylic acids is 1. The Morgan fingerprint density at radius 1 is 0.982 bits per heavy atom. The van der Waals surface area contributed by atoms with E-state index in [1.165, 1.54) is 0 Å².